The molecular weight excluding hydrogens is 286 g/mol. The summed E-state index contributed by atoms with van der Waals surface area (Å²) in [4.78, 5) is 18.6. The van der Waals surface area contributed by atoms with E-state index in [0.29, 0.717) is 6.04 Å². The molecule has 4 rings (SSSR count). The number of amides is 1. The smallest absolute Gasteiger partial charge is 0.264 e. The molecule has 1 aliphatic carbocycles. The van der Waals surface area contributed by atoms with Crippen LogP contribution in [0.3, 0.4) is 0 Å². The molecule has 2 aromatic rings. The molecule has 2 aliphatic rings. The van der Waals surface area contributed by atoms with Crippen molar-refractivity contribution in [2.24, 2.45) is 0 Å². The zero-order valence-corrected chi connectivity index (χ0v) is 12.9. The summed E-state index contributed by atoms with van der Waals surface area (Å²) in [5.41, 5.74) is 1.42. The molecule has 0 radical (unpaired) electrons. The third-order valence-corrected chi connectivity index (χ3v) is 6.54. The molecule has 0 N–H and O–H groups in total. The topological polar surface area (TPSA) is 20.3 Å². The van der Waals surface area contributed by atoms with Gasteiger partial charge in [0.2, 0.25) is 0 Å². The van der Waals surface area contributed by atoms with Gasteiger partial charge in [-0.3, -0.25) is 4.79 Å². The van der Waals surface area contributed by atoms with Gasteiger partial charge in [0.25, 0.3) is 5.91 Å². The predicted molar refractivity (Wildman–Crippen MR) is 83.7 cm³/mol. The van der Waals surface area contributed by atoms with Gasteiger partial charge in [-0.1, -0.05) is 6.07 Å². The van der Waals surface area contributed by atoms with Crippen LogP contribution in [-0.2, 0) is 12.8 Å². The molecule has 1 amide bonds. The van der Waals surface area contributed by atoms with E-state index in [1.165, 1.54) is 28.2 Å². The fourth-order valence-electron chi connectivity index (χ4n) is 3.36. The van der Waals surface area contributed by atoms with Gasteiger partial charge in [-0.25, -0.2) is 0 Å². The molecular formula is C16H17NOS2. The van der Waals surface area contributed by atoms with Gasteiger partial charge in [-0.2, -0.15) is 0 Å². The van der Waals surface area contributed by atoms with Gasteiger partial charge in [0.05, 0.1) is 10.9 Å². The van der Waals surface area contributed by atoms with Crippen molar-refractivity contribution in [1.82, 2.24) is 4.90 Å². The second-order valence-electron chi connectivity index (χ2n) is 5.58. The summed E-state index contributed by atoms with van der Waals surface area (Å²) in [7, 11) is 0. The molecule has 0 saturated carbocycles. The molecule has 1 fully saturated rings. The van der Waals surface area contributed by atoms with Gasteiger partial charge < -0.3 is 4.90 Å². The van der Waals surface area contributed by atoms with Crippen LogP contribution in [0.1, 0.15) is 50.3 Å². The van der Waals surface area contributed by atoms with Crippen LogP contribution in [0.25, 0.3) is 0 Å². The minimum absolute atomic E-state index is 0.250. The summed E-state index contributed by atoms with van der Waals surface area (Å²) in [5, 5.41) is 2.11. The van der Waals surface area contributed by atoms with E-state index in [4.69, 9.17) is 0 Å². The van der Waals surface area contributed by atoms with Gasteiger partial charge >= 0.3 is 0 Å². The Morgan fingerprint density at radius 2 is 2.25 bits per heavy atom. The number of hydrogen-bond donors (Lipinski definition) is 0. The molecule has 0 bridgehead atoms. The highest BCUT2D eigenvalue weighted by atomic mass is 32.1. The van der Waals surface area contributed by atoms with E-state index in [1.807, 2.05) is 0 Å². The zero-order chi connectivity index (χ0) is 13.5. The van der Waals surface area contributed by atoms with Crippen molar-refractivity contribution in [3.8, 4) is 0 Å². The Balaban J connectivity index is 1.60. The third kappa shape index (κ3) is 2.02. The lowest BCUT2D eigenvalue weighted by atomic mass is 10.2. The summed E-state index contributed by atoms with van der Waals surface area (Å²) in [6, 6.07) is 6.70. The number of aryl methyl sites for hydroxylation is 2. The molecule has 0 aromatic carbocycles. The fourth-order valence-corrected chi connectivity index (χ4v) is 5.45. The van der Waals surface area contributed by atoms with E-state index >= 15 is 0 Å². The minimum atomic E-state index is 0.250. The molecule has 1 aliphatic heterocycles. The minimum Gasteiger partial charge on any atom is -0.330 e. The van der Waals surface area contributed by atoms with Crippen LogP contribution in [0.5, 0.6) is 0 Å². The second kappa shape index (κ2) is 5.01. The van der Waals surface area contributed by atoms with Gasteiger partial charge in [0.1, 0.15) is 0 Å². The SMILES string of the molecule is O=C(c1cc2c(s1)CCC2)N1CCCC1c1cccs1. The summed E-state index contributed by atoms with van der Waals surface area (Å²) in [5.74, 6) is 0.250. The first-order valence-corrected chi connectivity index (χ1v) is 8.98. The third-order valence-electron chi connectivity index (χ3n) is 4.34. The molecule has 2 nitrogen and oxygen atoms in total. The van der Waals surface area contributed by atoms with Crippen molar-refractivity contribution in [3.63, 3.8) is 0 Å². The molecule has 104 valence electrons. The second-order valence-corrected chi connectivity index (χ2v) is 7.70. The first-order chi connectivity index (χ1) is 9.83. The zero-order valence-electron chi connectivity index (χ0n) is 11.3. The number of likely N-dealkylation sites (tertiary alicyclic amines) is 1. The van der Waals surface area contributed by atoms with Gasteiger partial charge in [0, 0.05) is 16.3 Å². The van der Waals surface area contributed by atoms with E-state index < -0.39 is 0 Å². The monoisotopic (exact) mass is 303 g/mol. The molecule has 0 spiro atoms. The van der Waals surface area contributed by atoms with E-state index in [9.17, 15) is 4.79 Å². The highest BCUT2D eigenvalue weighted by Gasteiger charge is 2.32. The standard InChI is InChI=1S/C16H17NOS2/c18-16(15-10-11-4-1-6-13(11)20-15)17-8-2-5-12(17)14-7-3-9-19-14/h3,7,9-10,12H,1-2,4-6,8H2. The van der Waals surface area contributed by atoms with Crippen LogP contribution in [0.4, 0.5) is 0 Å². The van der Waals surface area contributed by atoms with Crippen LogP contribution < -0.4 is 0 Å². The average Bonchev–Trinajstić information content (AvgIpc) is 3.19. The fraction of sp³-hybridized carbons (Fsp3) is 0.438. The van der Waals surface area contributed by atoms with Crippen molar-refractivity contribution in [2.75, 3.05) is 6.54 Å². The van der Waals surface area contributed by atoms with Crippen LogP contribution in [0, 0.1) is 0 Å². The Bertz CT molecular complexity index is 607. The normalized spacial score (nSPS) is 21.4. The van der Waals surface area contributed by atoms with Crippen LogP contribution in [0.15, 0.2) is 23.6 Å². The van der Waals surface area contributed by atoms with Crippen molar-refractivity contribution in [1.29, 1.82) is 0 Å². The number of rotatable bonds is 2. The van der Waals surface area contributed by atoms with E-state index in [2.05, 4.69) is 28.5 Å². The molecule has 20 heavy (non-hydrogen) atoms. The quantitative estimate of drug-likeness (QED) is 0.811. The first kappa shape index (κ1) is 12.6. The lowest BCUT2D eigenvalue weighted by Gasteiger charge is -2.23. The number of nitrogens with zero attached hydrogens (tertiary/aromatic N) is 1. The highest BCUT2D eigenvalue weighted by Crippen LogP contribution is 2.37. The predicted octanol–water partition coefficient (Wildman–Crippen LogP) is 4.28. The Kier molecular flexibility index (Phi) is 3.15. The number of carbonyl (C=O) groups is 1. The van der Waals surface area contributed by atoms with Crippen LogP contribution in [0.2, 0.25) is 0 Å². The summed E-state index contributed by atoms with van der Waals surface area (Å²) >= 11 is 3.50. The molecule has 4 heteroatoms. The number of fused-ring (bicyclic) bond motifs is 1. The molecule has 1 atom stereocenters. The van der Waals surface area contributed by atoms with Crippen LogP contribution >= 0.6 is 22.7 Å². The van der Waals surface area contributed by atoms with Gasteiger partial charge in [-0.05, 0) is 55.2 Å². The Hall–Kier alpha value is -1.13. The van der Waals surface area contributed by atoms with E-state index in [0.717, 1.165) is 30.7 Å². The van der Waals surface area contributed by atoms with Gasteiger partial charge in [0.15, 0.2) is 0 Å². The largest absolute Gasteiger partial charge is 0.330 e. The number of hydrogen-bond acceptors (Lipinski definition) is 3. The van der Waals surface area contributed by atoms with Gasteiger partial charge in [-0.15, -0.1) is 22.7 Å². The summed E-state index contributed by atoms with van der Waals surface area (Å²) in [6.45, 7) is 0.907. The summed E-state index contributed by atoms with van der Waals surface area (Å²) in [6.07, 6.45) is 5.82. The molecule has 1 saturated heterocycles. The number of thiophene rings is 2. The lowest BCUT2D eigenvalue weighted by Crippen LogP contribution is -2.29. The molecule has 1 unspecified atom stereocenters. The van der Waals surface area contributed by atoms with Crippen molar-refractivity contribution in [3.05, 3.63) is 43.8 Å². The highest BCUT2D eigenvalue weighted by molar-refractivity contribution is 7.14. The maximum Gasteiger partial charge on any atom is 0.264 e. The average molecular weight is 303 g/mol. The van der Waals surface area contributed by atoms with Crippen molar-refractivity contribution < 1.29 is 4.79 Å². The Labute approximate surface area is 127 Å². The van der Waals surface area contributed by atoms with E-state index in [-0.39, 0.29) is 5.91 Å². The summed E-state index contributed by atoms with van der Waals surface area (Å²) < 4.78 is 0. The Morgan fingerprint density at radius 3 is 3.05 bits per heavy atom. The maximum atomic E-state index is 12.8. The van der Waals surface area contributed by atoms with Crippen molar-refractivity contribution in [2.45, 2.75) is 38.1 Å². The molecule has 2 aromatic heterocycles. The molecule has 3 heterocycles. The van der Waals surface area contributed by atoms with Crippen molar-refractivity contribution >= 4 is 28.6 Å². The van der Waals surface area contributed by atoms with Crippen LogP contribution in [-0.4, -0.2) is 17.4 Å². The maximum absolute atomic E-state index is 12.8. The first-order valence-electron chi connectivity index (χ1n) is 7.29. The van der Waals surface area contributed by atoms with E-state index in [1.54, 1.807) is 22.7 Å². The lowest BCUT2D eigenvalue weighted by molar-refractivity contribution is 0.0742. The number of carbonyl (C=O) groups excluding carboxylic acids is 1. The Morgan fingerprint density at radius 1 is 1.30 bits per heavy atom.